The van der Waals surface area contributed by atoms with Crippen LogP contribution in [-0.4, -0.2) is 49.2 Å². The van der Waals surface area contributed by atoms with E-state index in [0.29, 0.717) is 19.8 Å². The topological polar surface area (TPSA) is 63.4 Å². The monoisotopic (exact) mass is 529 g/mol. The van der Waals surface area contributed by atoms with E-state index >= 15 is 0 Å². The van der Waals surface area contributed by atoms with Crippen molar-refractivity contribution >= 4 is 32.7 Å². The smallest absolute Gasteiger partial charge is 0.216 e. The Bertz CT molecular complexity index is 614. The first-order valence-corrected chi connectivity index (χ1v) is 10.1. The first kappa shape index (κ1) is 29.9. The van der Waals surface area contributed by atoms with Gasteiger partial charge >= 0.3 is 0 Å². The molecule has 0 unspecified atom stereocenters. The van der Waals surface area contributed by atoms with Crippen molar-refractivity contribution in [2.45, 2.75) is 26.2 Å². The molecule has 0 aliphatic carbocycles. The van der Waals surface area contributed by atoms with Gasteiger partial charge in [0.15, 0.2) is 0 Å². The number of fused-ring (bicyclic) bond motifs is 1. The number of hydrogen-bond acceptors (Lipinski definition) is 3. The van der Waals surface area contributed by atoms with E-state index in [0.717, 1.165) is 43.3 Å². The van der Waals surface area contributed by atoms with E-state index in [1.165, 1.54) is 17.9 Å². The second-order valence-corrected chi connectivity index (χ2v) is 6.51. The van der Waals surface area contributed by atoms with Gasteiger partial charge in [0.05, 0.1) is 19.8 Å². The van der Waals surface area contributed by atoms with Gasteiger partial charge in [-0.2, -0.15) is 6.42 Å². The van der Waals surface area contributed by atoms with Crippen LogP contribution < -0.4 is 5.32 Å². The van der Waals surface area contributed by atoms with Crippen LogP contribution in [0.1, 0.15) is 25.3 Å². The number of amides is 1. The fourth-order valence-electron chi connectivity index (χ4n) is 2.29. The molecule has 0 aliphatic heterocycles. The van der Waals surface area contributed by atoms with Gasteiger partial charge in [-0.25, -0.2) is 0 Å². The number of ether oxygens (including phenoxy) is 2. The van der Waals surface area contributed by atoms with E-state index in [1.807, 2.05) is 18.3 Å². The molecule has 0 saturated carbocycles. The van der Waals surface area contributed by atoms with Crippen LogP contribution in [0.4, 0.5) is 0 Å². The number of rotatable bonds is 11. The molecule has 1 aromatic carbocycles. The van der Waals surface area contributed by atoms with E-state index in [9.17, 15) is 4.79 Å². The summed E-state index contributed by atoms with van der Waals surface area (Å²) in [6.45, 7) is 8.91. The molecule has 1 aromatic heterocycles. The van der Waals surface area contributed by atoms with Gasteiger partial charge in [-0.15, -0.1) is 0 Å². The molecule has 1 amide bonds. The summed E-state index contributed by atoms with van der Waals surface area (Å²) in [5.41, 5.74) is 2.40. The van der Waals surface area contributed by atoms with Crippen LogP contribution in [0, 0.1) is 14.4 Å². The SMILES string of the molecule is CC(=O)NCCc1c[nH]c2ccccc12.[CH2-]CCCOCCOCCBr.[CH3-].[Y]. The second-order valence-electron chi connectivity index (χ2n) is 5.71. The predicted molar refractivity (Wildman–Crippen MR) is 117 cm³/mol. The van der Waals surface area contributed by atoms with Crippen molar-refractivity contribution in [1.29, 1.82) is 0 Å². The Kier molecular flexibility index (Phi) is 21.4. The number of hydrogen-bond donors (Lipinski definition) is 2. The first-order valence-electron chi connectivity index (χ1n) is 8.99. The third-order valence-electron chi connectivity index (χ3n) is 3.58. The van der Waals surface area contributed by atoms with Crippen molar-refractivity contribution in [3.05, 3.63) is 50.4 Å². The summed E-state index contributed by atoms with van der Waals surface area (Å²) in [5.74, 6) is 0.0230. The molecular formula is C21H33BrN2O3Y-2. The van der Waals surface area contributed by atoms with Gasteiger partial charge in [0, 0.05) is 75.2 Å². The van der Waals surface area contributed by atoms with E-state index in [2.05, 4.69) is 45.3 Å². The molecule has 0 spiro atoms. The number of aromatic amines is 1. The third kappa shape index (κ3) is 13.8. The first-order chi connectivity index (χ1) is 12.7. The molecule has 7 heteroatoms. The maximum absolute atomic E-state index is 10.7. The van der Waals surface area contributed by atoms with Crippen LogP contribution in [0.3, 0.4) is 0 Å². The summed E-state index contributed by atoms with van der Waals surface area (Å²) in [6, 6.07) is 8.18. The van der Waals surface area contributed by atoms with E-state index in [-0.39, 0.29) is 46.0 Å². The molecule has 5 nitrogen and oxygen atoms in total. The van der Waals surface area contributed by atoms with Gasteiger partial charge in [-0.05, 0) is 18.1 Å². The number of carbonyl (C=O) groups is 1. The van der Waals surface area contributed by atoms with Crippen molar-refractivity contribution < 1.29 is 47.0 Å². The third-order valence-corrected chi connectivity index (χ3v) is 3.90. The van der Waals surface area contributed by atoms with Gasteiger partial charge in [0.2, 0.25) is 5.91 Å². The minimum absolute atomic E-state index is 0. The minimum atomic E-state index is 0. The average molecular weight is 530 g/mol. The Morgan fingerprint density at radius 2 is 1.86 bits per heavy atom. The largest absolute Gasteiger partial charge is 0.379 e. The predicted octanol–water partition coefficient (Wildman–Crippen LogP) is 4.32. The van der Waals surface area contributed by atoms with E-state index in [1.54, 1.807) is 0 Å². The molecule has 0 saturated heterocycles. The number of unbranched alkanes of at least 4 members (excludes halogenated alkanes) is 1. The molecule has 1 heterocycles. The summed E-state index contributed by atoms with van der Waals surface area (Å²) in [5, 5.41) is 4.93. The fourth-order valence-corrected chi connectivity index (χ4v) is 2.52. The number of benzene rings is 1. The zero-order valence-corrected chi connectivity index (χ0v) is 21.6. The summed E-state index contributed by atoms with van der Waals surface area (Å²) in [7, 11) is 0. The summed E-state index contributed by atoms with van der Waals surface area (Å²) >= 11 is 3.27. The Morgan fingerprint density at radius 1 is 1.18 bits per heavy atom. The van der Waals surface area contributed by atoms with Crippen molar-refractivity contribution in [1.82, 2.24) is 10.3 Å². The molecule has 0 bridgehead atoms. The molecule has 2 aromatic rings. The van der Waals surface area contributed by atoms with Crippen LogP contribution in [0.25, 0.3) is 10.9 Å². The molecule has 2 rings (SSSR count). The Balaban J connectivity index is 0. The maximum atomic E-state index is 10.7. The van der Waals surface area contributed by atoms with Gasteiger partial charge < -0.3 is 34.1 Å². The molecule has 0 fully saturated rings. The molecule has 0 atom stereocenters. The fraction of sp³-hybridized carbons (Fsp3) is 0.476. The van der Waals surface area contributed by atoms with Gasteiger partial charge in [-0.3, -0.25) is 4.79 Å². The van der Waals surface area contributed by atoms with Crippen LogP contribution in [0.15, 0.2) is 30.5 Å². The number of H-pyrrole nitrogens is 1. The van der Waals surface area contributed by atoms with Gasteiger partial charge in [0.1, 0.15) is 0 Å². The van der Waals surface area contributed by atoms with Crippen LogP contribution in [0.5, 0.6) is 0 Å². The van der Waals surface area contributed by atoms with Gasteiger partial charge in [-0.1, -0.05) is 40.5 Å². The normalized spacial score (nSPS) is 9.68. The van der Waals surface area contributed by atoms with E-state index in [4.69, 9.17) is 9.47 Å². The molecule has 0 aliphatic rings. The number of halogens is 1. The Hall–Kier alpha value is -0.266. The van der Waals surface area contributed by atoms with Crippen molar-refractivity contribution in [3.63, 3.8) is 0 Å². The van der Waals surface area contributed by atoms with Crippen molar-refractivity contribution in [3.8, 4) is 0 Å². The quantitative estimate of drug-likeness (QED) is 0.259. The number of carbonyl (C=O) groups excluding carboxylic acids is 1. The standard InChI is InChI=1S/C12H14N2O.C8H16BrO2.CH3.Y/c1-9(15)13-7-6-10-8-14-12-5-3-2-4-11(10)12;1-2-3-5-10-7-8-11-6-4-9;;/h2-5,8,14H,6-7H2,1H3,(H,13,15);1-8H2;1H3;/q;2*-1;. The van der Waals surface area contributed by atoms with Crippen molar-refractivity contribution in [2.75, 3.05) is 38.3 Å². The number of alkyl halides is 1. The van der Waals surface area contributed by atoms with Gasteiger partial charge in [0.25, 0.3) is 0 Å². The zero-order valence-electron chi connectivity index (χ0n) is 17.1. The second kappa shape index (κ2) is 20.0. The molecule has 157 valence electrons. The van der Waals surface area contributed by atoms with Crippen LogP contribution in [0.2, 0.25) is 0 Å². The summed E-state index contributed by atoms with van der Waals surface area (Å²) < 4.78 is 10.4. The van der Waals surface area contributed by atoms with E-state index < -0.39 is 0 Å². The van der Waals surface area contributed by atoms with Crippen LogP contribution >= 0.6 is 15.9 Å². The Labute approximate surface area is 203 Å². The number of aromatic nitrogens is 1. The maximum Gasteiger partial charge on any atom is 0.216 e. The summed E-state index contributed by atoms with van der Waals surface area (Å²) in [6.07, 6.45) is 4.86. The number of para-hydroxylation sites is 1. The van der Waals surface area contributed by atoms with Crippen LogP contribution in [-0.2, 0) is 53.4 Å². The molecule has 2 N–H and O–H groups in total. The average Bonchev–Trinajstić information content (AvgIpc) is 3.05. The molecule has 28 heavy (non-hydrogen) atoms. The number of nitrogens with one attached hydrogen (secondary N) is 2. The Morgan fingerprint density at radius 3 is 2.50 bits per heavy atom. The van der Waals surface area contributed by atoms with Crippen molar-refractivity contribution in [2.24, 2.45) is 0 Å². The molecule has 1 radical (unpaired) electrons. The molecular weight excluding hydrogens is 497 g/mol. The summed E-state index contributed by atoms with van der Waals surface area (Å²) in [4.78, 5) is 13.9. The minimum Gasteiger partial charge on any atom is -0.379 e. The zero-order chi connectivity index (χ0) is 19.0.